The third-order valence-corrected chi connectivity index (χ3v) is 3.82. The molecule has 4 heteroatoms. The van der Waals surface area contributed by atoms with Crippen LogP contribution < -0.4 is 5.32 Å². The number of carbonyl (C=O) groups is 1. The number of nitrogens with one attached hydrogen (secondary N) is 1. The summed E-state index contributed by atoms with van der Waals surface area (Å²) in [7, 11) is 0. The summed E-state index contributed by atoms with van der Waals surface area (Å²) in [6.07, 6.45) is 1.96. The second kappa shape index (κ2) is 6.13. The van der Waals surface area contributed by atoms with Crippen LogP contribution in [0.5, 0.6) is 0 Å². The molecule has 0 aromatic heterocycles. The molecule has 0 aliphatic carbocycles. The van der Waals surface area contributed by atoms with Crippen LogP contribution in [-0.2, 0) is 0 Å². The Balaban J connectivity index is 2.26. The van der Waals surface area contributed by atoms with Crippen molar-refractivity contribution in [3.05, 3.63) is 58.6 Å². The third kappa shape index (κ3) is 3.31. The monoisotopic (exact) mass is 291 g/mol. The number of halogens is 1. The number of thioether (sulfide) groups is 1. The molecule has 0 aliphatic rings. The second-order valence-corrected chi connectivity index (χ2v) is 5.40. The zero-order valence-electron chi connectivity index (χ0n) is 10.7. The Morgan fingerprint density at radius 1 is 1.21 bits per heavy atom. The minimum absolute atomic E-state index is 0.102. The molecule has 0 atom stereocenters. The SMILES string of the molecule is CSc1ccccc1C(=O)Nc1ccc(Cl)cc1C. The number of amides is 1. The molecule has 1 N–H and O–H groups in total. The molecule has 0 fully saturated rings. The van der Waals surface area contributed by atoms with Crippen molar-refractivity contribution in [2.45, 2.75) is 11.8 Å². The highest BCUT2D eigenvalue weighted by Crippen LogP contribution is 2.23. The van der Waals surface area contributed by atoms with Gasteiger partial charge in [-0.3, -0.25) is 4.79 Å². The van der Waals surface area contributed by atoms with Gasteiger partial charge in [-0.1, -0.05) is 23.7 Å². The van der Waals surface area contributed by atoms with Crippen LogP contribution in [-0.4, -0.2) is 12.2 Å². The van der Waals surface area contributed by atoms with Crippen LogP contribution >= 0.6 is 23.4 Å². The van der Waals surface area contributed by atoms with Gasteiger partial charge in [0, 0.05) is 15.6 Å². The Morgan fingerprint density at radius 2 is 1.95 bits per heavy atom. The van der Waals surface area contributed by atoms with E-state index in [4.69, 9.17) is 11.6 Å². The van der Waals surface area contributed by atoms with Gasteiger partial charge < -0.3 is 5.32 Å². The largest absolute Gasteiger partial charge is 0.322 e. The topological polar surface area (TPSA) is 29.1 Å². The van der Waals surface area contributed by atoms with Crippen molar-refractivity contribution in [3.63, 3.8) is 0 Å². The average Bonchev–Trinajstić information content (AvgIpc) is 2.41. The smallest absolute Gasteiger partial charge is 0.256 e. The van der Waals surface area contributed by atoms with E-state index in [0.29, 0.717) is 10.6 Å². The van der Waals surface area contributed by atoms with E-state index < -0.39 is 0 Å². The fraction of sp³-hybridized carbons (Fsp3) is 0.133. The van der Waals surface area contributed by atoms with Gasteiger partial charge >= 0.3 is 0 Å². The highest BCUT2D eigenvalue weighted by Gasteiger charge is 2.11. The summed E-state index contributed by atoms with van der Waals surface area (Å²) >= 11 is 7.46. The van der Waals surface area contributed by atoms with Crippen molar-refractivity contribution < 1.29 is 4.79 Å². The zero-order valence-corrected chi connectivity index (χ0v) is 12.3. The van der Waals surface area contributed by atoms with Gasteiger partial charge in [0.05, 0.1) is 5.56 Å². The molecule has 0 spiro atoms. The number of carbonyl (C=O) groups excluding carboxylic acids is 1. The molecule has 0 saturated carbocycles. The maximum Gasteiger partial charge on any atom is 0.256 e. The highest BCUT2D eigenvalue weighted by molar-refractivity contribution is 7.98. The fourth-order valence-corrected chi connectivity index (χ4v) is 2.61. The molecule has 0 saturated heterocycles. The van der Waals surface area contributed by atoms with Crippen LogP contribution in [0.4, 0.5) is 5.69 Å². The normalized spacial score (nSPS) is 10.3. The Kier molecular flexibility index (Phi) is 4.51. The van der Waals surface area contributed by atoms with Crippen LogP contribution in [0.1, 0.15) is 15.9 Å². The van der Waals surface area contributed by atoms with E-state index >= 15 is 0 Å². The van der Waals surface area contributed by atoms with Gasteiger partial charge in [-0.25, -0.2) is 0 Å². The van der Waals surface area contributed by atoms with Gasteiger partial charge in [0.2, 0.25) is 0 Å². The number of anilines is 1. The van der Waals surface area contributed by atoms with Crippen LogP contribution in [0, 0.1) is 6.92 Å². The summed E-state index contributed by atoms with van der Waals surface area (Å²) in [5, 5.41) is 3.58. The van der Waals surface area contributed by atoms with E-state index in [-0.39, 0.29) is 5.91 Å². The van der Waals surface area contributed by atoms with Gasteiger partial charge in [0.25, 0.3) is 5.91 Å². The first-order chi connectivity index (χ1) is 9.11. The Labute approximate surface area is 122 Å². The molecule has 98 valence electrons. The molecule has 0 heterocycles. The fourth-order valence-electron chi connectivity index (χ4n) is 1.79. The Morgan fingerprint density at radius 3 is 2.63 bits per heavy atom. The molecule has 0 unspecified atom stereocenters. The van der Waals surface area contributed by atoms with E-state index in [1.54, 1.807) is 17.8 Å². The van der Waals surface area contributed by atoms with Crippen LogP contribution in [0.3, 0.4) is 0 Å². The van der Waals surface area contributed by atoms with Crippen molar-refractivity contribution in [2.24, 2.45) is 0 Å². The highest BCUT2D eigenvalue weighted by atomic mass is 35.5. The molecule has 0 bridgehead atoms. The predicted octanol–water partition coefficient (Wildman–Crippen LogP) is 4.62. The maximum absolute atomic E-state index is 12.3. The first-order valence-corrected chi connectivity index (χ1v) is 7.42. The predicted molar refractivity (Wildman–Crippen MR) is 82.4 cm³/mol. The van der Waals surface area contributed by atoms with E-state index in [2.05, 4.69) is 5.32 Å². The summed E-state index contributed by atoms with van der Waals surface area (Å²) in [6.45, 7) is 1.92. The Hall–Kier alpha value is -1.45. The van der Waals surface area contributed by atoms with Crippen molar-refractivity contribution in [1.82, 2.24) is 0 Å². The van der Waals surface area contributed by atoms with E-state index in [1.165, 1.54) is 0 Å². The van der Waals surface area contributed by atoms with Crippen molar-refractivity contribution in [2.75, 3.05) is 11.6 Å². The summed E-state index contributed by atoms with van der Waals surface area (Å²) in [5.74, 6) is -0.102. The van der Waals surface area contributed by atoms with Crippen molar-refractivity contribution in [3.8, 4) is 0 Å². The number of aryl methyl sites for hydroxylation is 1. The van der Waals surface area contributed by atoms with Crippen LogP contribution in [0.15, 0.2) is 47.4 Å². The minimum atomic E-state index is -0.102. The number of hydrogen-bond acceptors (Lipinski definition) is 2. The van der Waals surface area contributed by atoms with Gasteiger partial charge in [-0.15, -0.1) is 11.8 Å². The number of rotatable bonds is 3. The molecule has 1 amide bonds. The van der Waals surface area contributed by atoms with Crippen molar-refractivity contribution in [1.29, 1.82) is 0 Å². The first kappa shape index (κ1) is 14.0. The van der Waals surface area contributed by atoms with Gasteiger partial charge in [0.15, 0.2) is 0 Å². The van der Waals surface area contributed by atoms with E-state index in [0.717, 1.165) is 16.1 Å². The summed E-state index contributed by atoms with van der Waals surface area (Å²) in [6, 6.07) is 13.0. The van der Waals surface area contributed by atoms with Crippen LogP contribution in [0.2, 0.25) is 5.02 Å². The lowest BCUT2D eigenvalue weighted by Crippen LogP contribution is -2.13. The van der Waals surface area contributed by atoms with Gasteiger partial charge in [0.1, 0.15) is 0 Å². The summed E-state index contributed by atoms with van der Waals surface area (Å²) in [5.41, 5.74) is 2.41. The molecule has 2 rings (SSSR count). The molecule has 0 radical (unpaired) electrons. The molecule has 2 aromatic carbocycles. The van der Waals surface area contributed by atoms with Gasteiger partial charge in [-0.2, -0.15) is 0 Å². The molecule has 0 aliphatic heterocycles. The maximum atomic E-state index is 12.3. The molecular weight excluding hydrogens is 278 g/mol. The Bertz CT molecular complexity index is 613. The van der Waals surface area contributed by atoms with E-state index in [1.807, 2.05) is 49.6 Å². The standard InChI is InChI=1S/C15H14ClNOS/c1-10-9-11(16)7-8-13(10)17-15(18)12-5-3-4-6-14(12)19-2/h3-9H,1-2H3,(H,17,18). The molecule has 2 aromatic rings. The summed E-state index contributed by atoms with van der Waals surface area (Å²) in [4.78, 5) is 13.2. The second-order valence-electron chi connectivity index (χ2n) is 4.11. The van der Waals surface area contributed by atoms with Crippen molar-refractivity contribution >= 4 is 35.0 Å². The zero-order chi connectivity index (χ0) is 13.8. The first-order valence-electron chi connectivity index (χ1n) is 5.82. The quantitative estimate of drug-likeness (QED) is 0.836. The summed E-state index contributed by atoms with van der Waals surface area (Å²) < 4.78 is 0. The lowest BCUT2D eigenvalue weighted by molar-refractivity contribution is 0.102. The molecule has 2 nitrogen and oxygen atoms in total. The number of hydrogen-bond donors (Lipinski definition) is 1. The minimum Gasteiger partial charge on any atom is -0.322 e. The lowest BCUT2D eigenvalue weighted by atomic mass is 10.1. The number of benzene rings is 2. The van der Waals surface area contributed by atoms with Gasteiger partial charge in [-0.05, 0) is 49.1 Å². The van der Waals surface area contributed by atoms with Crippen LogP contribution in [0.25, 0.3) is 0 Å². The molecular formula is C15H14ClNOS. The third-order valence-electron chi connectivity index (χ3n) is 2.79. The lowest BCUT2D eigenvalue weighted by Gasteiger charge is -2.10. The average molecular weight is 292 g/mol. The molecule has 19 heavy (non-hydrogen) atoms. The van der Waals surface area contributed by atoms with E-state index in [9.17, 15) is 4.79 Å².